The largest absolute Gasteiger partial charge is 0.495 e. The molecule has 6 nitrogen and oxygen atoms in total. The van der Waals surface area contributed by atoms with Crippen molar-refractivity contribution in [3.8, 4) is 11.5 Å². The quantitative estimate of drug-likeness (QED) is 0.488. The van der Waals surface area contributed by atoms with Crippen LogP contribution in [-0.2, 0) is 11.3 Å². The van der Waals surface area contributed by atoms with Gasteiger partial charge in [-0.05, 0) is 23.8 Å². The first kappa shape index (κ1) is 22.3. The van der Waals surface area contributed by atoms with Gasteiger partial charge in [-0.1, -0.05) is 54.1 Å². The van der Waals surface area contributed by atoms with Crippen molar-refractivity contribution in [2.45, 2.75) is 6.54 Å². The maximum absolute atomic E-state index is 12.6. The number of rotatable bonds is 9. The summed E-state index contributed by atoms with van der Waals surface area (Å²) in [6.45, 7) is 0.844. The zero-order valence-corrected chi connectivity index (χ0v) is 18.6. The van der Waals surface area contributed by atoms with Gasteiger partial charge in [0.15, 0.2) is 0 Å². The first-order valence-corrected chi connectivity index (χ1v) is 10.2. The average molecular weight is 440 g/mol. The lowest BCUT2D eigenvalue weighted by Crippen LogP contribution is -2.24. The minimum atomic E-state index is -0.222. The predicted molar refractivity (Wildman–Crippen MR) is 127 cm³/mol. The smallest absolute Gasteiger partial charge is 0.243 e. The summed E-state index contributed by atoms with van der Waals surface area (Å²) in [5.41, 5.74) is 3.57. The SMILES string of the molecule is COc1cc(OC)c(NC(=O)CNc2ccccc2N(C)Cc2ccccc2)cc1Cl. The lowest BCUT2D eigenvalue weighted by atomic mass is 10.2. The fourth-order valence-electron chi connectivity index (χ4n) is 3.23. The van der Waals surface area contributed by atoms with Crippen LogP contribution in [0, 0.1) is 0 Å². The Bertz CT molecular complexity index is 1030. The fraction of sp³-hybridized carbons (Fsp3) is 0.208. The number of hydrogen-bond donors (Lipinski definition) is 2. The molecule has 0 atom stereocenters. The molecule has 0 radical (unpaired) electrons. The van der Waals surface area contributed by atoms with E-state index < -0.39 is 0 Å². The Hall–Kier alpha value is -3.38. The zero-order valence-electron chi connectivity index (χ0n) is 17.8. The van der Waals surface area contributed by atoms with Crippen LogP contribution in [0.1, 0.15) is 5.56 Å². The number of carbonyl (C=O) groups is 1. The van der Waals surface area contributed by atoms with Crippen molar-refractivity contribution < 1.29 is 14.3 Å². The van der Waals surface area contributed by atoms with E-state index in [1.54, 1.807) is 12.1 Å². The minimum Gasteiger partial charge on any atom is -0.495 e. The standard InChI is InChI=1S/C24H26ClN3O3/c1-28(16-17-9-5-4-6-10-17)21-12-8-7-11-19(21)26-15-24(29)27-20-13-18(25)22(30-2)14-23(20)31-3/h4-14,26H,15-16H2,1-3H3,(H,27,29). The summed E-state index contributed by atoms with van der Waals surface area (Å²) >= 11 is 6.18. The number of nitrogens with one attached hydrogen (secondary N) is 2. The maximum Gasteiger partial charge on any atom is 0.243 e. The number of hydrogen-bond acceptors (Lipinski definition) is 5. The van der Waals surface area contributed by atoms with Crippen molar-refractivity contribution in [1.29, 1.82) is 0 Å². The number of para-hydroxylation sites is 2. The summed E-state index contributed by atoms with van der Waals surface area (Å²) in [5, 5.41) is 6.44. The molecule has 162 valence electrons. The minimum absolute atomic E-state index is 0.0863. The van der Waals surface area contributed by atoms with E-state index >= 15 is 0 Å². The Kier molecular flexibility index (Phi) is 7.62. The van der Waals surface area contributed by atoms with Crippen LogP contribution in [-0.4, -0.2) is 33.7 Å². The highest BCUT2D eigenvalue weighted by atomic mass is 35.5. The molecule has 31 heavy (non-hydrogen) atoms. The van der Waals surface area contributed by atoms with Gasteiger partial charge in [0.2, 0.25) is 5.91 Å². The maximum atomic E-state index is 12.6. The van der Waals surface area contributed by atoms with Crippen molar-refractivity contribution in [3.05, 3.63) is 77.3 Å². The summed E-state index contributed by atoms with van der Waals surface area (Å²) in [4.78, 5) is 14.7. The van der Waals surface area contributed by atoms with Crippen LogP contribution < -0.4 is 25.0 Å². The van der Waals surface area contributed by atoms with Crippen LogP contribution in [0.5, 0.6) is 11.5 Å². The predicted octanol–water partition coefficient (Wildman–Crippen LogP) is 5.04. The lowest BCUT2D eigenvalue weighted by molar-refractivity contribution is -0.114. The van der Waals surface area contributed by atoms with Gasteiger partial charge < -0.3 is 25.0 Å². The first-order chi connectivity index (χ1) is 15.0. The number of carbonyl (C=O) groups excluding carboxylic acids is 1. The molecule has 0 spiro atoms. The monoisotopic (exact) mass is 439 g/mol. The van der Waals surface area contributed by atoms with E-state index in [0.29, 0.717) is 22.2 Å². The highest BCUT2D eigenvalue weighted by molar-refractivity contribution is 6.32. The molecule has 0 aliphatic carbocycles. The van der Waals surface area contributed by atoms with Crippen LogP contribution >= 0.6 is 11.6 Å². The molecule has 0 unspecified atom stereocenters. The molecule has 7 heteroatoms. The van der Waals surface area contributed by atoms with E-state index in [9.17, 15) is 4.79 Å². The van der Waals surface area contributed by atoms with E-state index in [1.807, 2.05) is 49.5 Å². The van der Waals surface area contributed by atoms with Gasteiger partial charge in [-0.25, -0.2) is 0 Å². The molecule has 0 saturated heterocycles. The molecule has 0 aliphatic rings. The molecule has 0 aliphatic heterocycles. The summed E-state index contributed by atoms with van der Waals surface area (Å²) in [5.74, 6) is 0.725. The number of ether oxygens (including phenoxy) is 2. The van der Waals surface area contributed by atoms with Crippen molar-refractivity contribution in [3.63, 3.8) is 0 Å². The zero-order chi connectivity index (χ0) is 22.2. The van der Waals surface area contributed by atoms with E-state index in [2.05, 4.69) is 27.7 Å². The molecule has 2 N–H and O–H groups in total. The van der Waals surface area contributed by atoms with E-state index in [4.69, 9.17) is 21.1 Å². The lowest BCUT2D eigenvalue weighted by Gasteiger charge is -2.23. The fourth-order valence-corrected chi connectivity index (χ4v) is 3.47. The van der Waals surface area contributed by atoms with E-state index in [0.717, 1.165) is 17.9 Å². The molecule has 0 saturated carbocycles. The molecular weight excluding hydrogens is 414 g/mol. The van der Waals surface area contributed by atoms with Gasteiger partial charge in [0.05, 0.1) is 42.8 Å². The number of amides is 1. The Balaban J connectivity index is 1.67. The molecule has 0 aromatic heterocycles. The Morgan fingerprint density at radius 1 is 0.935 bits per heavy atom. The molecular formula is C24H26ClN3O3. The van der Waals surface area contributed by atoms with E-state index in [1.165, 1.54) is 19.8 Å². The second kappa shape index (κ2) is 10.6. The topological polar surface area (TPSA) is 62.8 Å². The van der Waals surface area contributed by atoms with E-state index in [-0.39, 0.29) is 12.5 Å². The number of benzene rings is 3. The van der Waals surface area contributed by atoms with Gasteiger partial charge in [-0.3, -0.25) is 4.79 Å². The summed E-state index contributed by atoms with van der Waals surface area (Å²) in [6, 6.07) is 21.4. The van der Waals surface area contributed by atoms with Crippen molar-refractivity contribution in [2.24, 2.45) is 0 Å². The summed E-state index contributed by atoms with van der Waals surface area (Å²) in [7, 11) is 5.07. The van der Waals surface area contributed by atoms with Crippen LogP contribution in [0.2, 0.25) is 5.02 Å². The Morgan fingerprint density at radius 2 is 1.61 bits per heavy atom. The van der Waals surface area contributed by atoms with Crippen LogP contribution in [0.25, 0.3) is 0 Å². The molecule has 3 aromatic rings. The van der Waals surface area contributed by atoms with Crippen molar-refractivity contribution >= 4 is 34.6 Å². The van der Waals surface area contributed by atoms with Crippen LogP contribution in [0.3, 0.4) is 0 Å². The molecule has 1 amide bonds. The van der Waals surface area contributed by atoms with Crippen molar-refractivity contribution in [1.82, 2.24) is 0 Å². The molecule has 0 bridgehead atoms. The Labute approximate surface area is 187 Å². The molecule has 0 fully saturated rings. The summed E-state index contributed by atoms with van der Waals surface area (Å²) < 4.78 is 10.5. The van der Waals surface area contributed by atoms with Gasteiger partial charge >= 0.3 is 0 Å². The molecule has 0 heterocycles. The third-order valence-corrected chi connectivity index (χ3v) is 5.06. The van der Waals surface area contributed by atoms with Gasteiger partial charge in [-0.2, -0.15) is 0 Å². The summed E-state index contributed by atoms with van der Waals surface area (Å²) in [6.07, 6.45) is 0. The molecule has 3 rings (SSSR count). The highest BCUT2D eigenvalue weighted by Gasteiger charge is 2.14. The Morgan fingerprint density at radius 3 is 2.32 bits per heavy atom. The van der Waals surface area contributed by atoms with Gasteiger partial charge in [0, 0.05) is 19.7 Å². The highest BCUT2D eigenvalue weighted by Crippen LogP contribution is 2.36. The number of anilines is 3. The number of methoxy groups -OCH3 is 2. The van der Waals surface area contributed by atoms with Crippen LogP contribution in [0.4, 0.5) is 17.1 Å². The first-order valence-electron chi connectivity index (χ1n) is 9.81. The number of halogens is 1. The second-order valence-electron chi connectivity index (χ2n) is 6.95. The molecule has 3 aromatic carbocycles. The van der Waals surface area contributed by atoms with Crippen LogP contribution in [0.15, 0.2) is 66.7 Å². The van der Waals surface area contributed by atoms with Gasteiger partial charge in [-0.15, -0.1) is 0 Å². The van der Waals surface area contributed by atoms with Gasteiger partial charge in [0.1, 0.15) is 11.5 Å². The third kappa shape index (κ3) is 5.83. The normalized spacial score (nSPS) is 10.3. The average Bonchev–Trinajstić information content (AvgIpc) is 2.78. The third-order valence-electron chi connectivity index (χ3n) is 4.77. The second-order valence-corrected chi connectivity index (χ2v) is 7.35. The van der Waals surface area contributed by atoms with Gasteiger partial charge in [0.25, 0.3) is 0 Å². The number of nitrogens with zero attached hydrogens (tertiary/aromatic N) is 1. The van der Waals surface area contributed by atoms with Crippen molar-refractivity contribution in [2.75, 3.05) is 43.3 Å².